The largest absolute Gasteiger partial charge is 0.307 e. The molecule has 0 bridgehead atoms. The van der Waals surface area contributed by atoms with Crippen LogP contribution in [0.15, 0.2) is 65.6 Å². The van der Waals surface area contributed by atoms with Gasteiger partial charge in [-0.2, -0.15) is 9.40 Å². The molecule has 2 aromatic carbocycles. The van der Waals surface area contributed by atoms with Gasteiger partial charge in [0.2, 0.25) is 10.0 Å². The lowest BCUT2D eigenvalue weighted by Crippen LogP contribution is -2.31. The molecule has 1 aliphatic heterocycles. The Labute approximate surface area is 189 Å². The molecule has 1 fully saturated rings. The van der Waals surface area contributed by atoms with Crippen molar-refractivity contribution in [3.05, 3.63) is 77.5 Å². The molecule has 3 aromatic rings. The quantitative estimate of drug-likeness (QED) is 0.611. The number of benzene rings is 2. The van der Waals surface area contributed by atoms with E-state index >= 15 is 0 Å². The first kappa shape index (κ1) is 22.2. The Bertz CT molecular complexity index is 1160. The summed E-state index contributed by atoms with van der Waals surface area (Å²) in [6.07, 6.45) is 3.89. The fraction of sp³-hybridized carbons (Fsp3) is 0.333. The summed E-state index contributed by atoms with van der Waals surface area (Å²) in [6.45, 7) is 3.52. The van der Waals surface area contributed by atoms with Crippen LogP contribution in [0.1, 0.15) is 47.3 Å². The number of nitrogens with zero attached hydrogens (tertiary/aromatic N) is 3. The molecule has 7 nitrogen and oxygen atoms in total. The number of aromatic nitrogens is 2. The molecule has 1 amide bonds. The number of nitrogens with one attached hydrogen (secondary N) is 1. The van der Waals surface area contributed by atoms with E-state index in [-0.39, 0.29) is 10.8 Å². The molecule has 1 aromatic heterocycles. The Morgan fingerprint density at radius 2 is 1.62 bits per heavy atom. The van der Waals surface area contributed by atoms with E-state index in [1.807, 2.05) is 43.3 Å². The maximum Gasteiger partial charge on any atom is 0.256 e. The second kappa shape index (κ2) is 9.67. The molecule has 2 heterocycles. The molecule has 0 saturated carbocycles. The van der Waals surface area contributed by atoms with Gasteiger partial charge in [0, 0.05) is 24.7 Å². The number of hydrogen-bond donors (Lipinski definition) is 1. The van der Waals surface area contributed by atoms with E-state index in [4.69, 9.17) is 0 Å². The zero-order chi connectivity index (χ0) is 22.6. The minimum Gasteiger partial charge on any atom is -0.307 e. The second-order valence-electron chi connectivity index (χ2n) is 8.11. The summed E-state index contributed by atoms with van der Waals surface area (Å²) < 4.78 is 29.2. The maximum atomic E-state index is 12.9. The number of rotatable bonds is 6. The average molecular weight is 453 g/mol. The van der Waals surface area contributed by atoms with Gasteiger partial charge in [-0.25, -0.2) is 13.1 Å². The molecular formula is C24H28N4O3S. The number of carbonyl (C=O) groups is 1. The highest BCUT2D eigenvalue weighted by atomic mass is 32.2. The molecule has 0 spiro atoms. The minimum atomic E-state index is -3.54. The molecule has 1 aliphatic rings. The van der Waals surface area contributed by atoms with E-state index in [2.05, 4.69) is 10.4 Å². The van der Waals surface area contributed by atoms with Gasteiger partial charge in [0.25, 0.3) is 5.91 Å². The van der Waals surface area contributed by atoms with E-state index in [1.165, 1.54) is 12.1 Å². The third-order valence-electron chi connectivity index (χ3n) is 5.64. The Kier molecular flexibility index (Phi) is 6.72. The van der Waals surface area contributed by atoms with Crippen molar-refractivity contribution in [2.75, 3.05) is 18.4 Å². The zero-order valence-electron chi connectivity index (χ0n) is 18.2. The third-order valence-corrected chi connectivity index (χ3v) is 7.55. The number of aryl methyl sites for hydroxylation is 1. The molecule has 0 atom stereocenters. The van der Waals surface area contributed by atoms with E-state index in [0.717, 1.165) is 36.9 Å². The minimum absolute atomic E-state index is 0.223. The van der Waals surface area contributed by atoms with Gasteiger partial charge in [0.1, 0.15) is 5.82 Å². The highest BCUT2D eigenvalue weighted by molar-refractivity contribution is 7.89. The van der Waals surface area contributed by atoms with Crippen LogP contribution in [0.25, 0.3) is 0 Å². The van der Waals surface area contributed by atoms with Gasteiger partial charge in [0.15, 0.2) is 0 Å². The van der Waals surface area contributed by atoms with Crippen LogP contribution in [0.4, 0.5) is 5.82 Å². The van der Waals surface area contributed by atoms with Crippen molar-refractivity contribution in [3.8, 4) is 0 Å². The Morgan fingerprint density at radius 1 is 0.969 bits per heavy atom. The summed E-state index contributed by atoms with van der Waals surface area (Å²) in [5.74, 6) is 0.288. The van der Waals surface area contributed by atoms with Crippen LogP contribution in [0.5, 0.6) is 0 Å². The SMILES string of the molecule is Cc1cc(NC(=O)c2ccc(S(=O)(=O)N3CCCCCC3)cc2)n(Cc2ccccc2)n1. The first-order valence-corrected chi connectivity index (χ1v) is 12.4. The summed E-state index contributed by atoms with van der Waals surface area (Å²) in [5, 5.41) is 7.37. The van der Waals surface area contributed by atoms with E-state index in [1.54, 1.807) is 21.1 Å². The Morgan fingerprint density at radius 3 is 2.28 bits per heavy atom. The average Bonchev–Trinajstić information content (AvgIpc) is 2.98. The number of hydrogen-bond acceptors (Lipinski definition) is 4. The van der Waals surface area contributed by atoms with Crippen molar-refractivity contribution in [1.29, 1.82) is 0 Å². The third kappa shape index (κ3) is 5.08. The molecule has 0 unspecified atom stereocenters. The van der Waals surface area contributed by atoms with Gasteiger partial charge in [-0.3, -0.25) is 4.79 Å². The smallest absolute Gasteiger partial charge is 0.256 e. The monoisotopic (exact) mass is 452 g/mol. The number of amides is 1. The van der Waals surface area contributed by atoms with Crippen molar-refractivity contribution in [3.63, 3.8) is 0 Å². The van der Waals surface area contributed by atoms with Gasteiger partial charge in [0.05, 0.1) is 17.1 Å². The zero-order valence-corrected chi connectivity index (χ0v) is 19.0. The molecule has 32 heavy (non-hydrogen) atoms. The predicted molar refractivity (Wildman–Crippen MR) is 124 cm³/mol. The number of sulfonamides is 1. The van der Waals surface area contributed by atoms with Crippen LogP contribution in [-0.4, -0.2) is 41.5 Å². The lowest BCUT2D eigenvalue weighted by molar-refractivity contribution is 0.102. The van der Waals surface area contributed by atoms with Crippen molar-refractivity contribution < 1.29 is 13.2 Å². The van der Waals surface area contributed by atoms with Crippen LogP contribution in [-0.2, 0) is 16.6 Å². The number of anilines is 1. The van der Waals surface area contributed by atoms with Crippen LogP contribution >= 0.6 is 0 Å². The topological polar surface area (TPSA) is 84.3 Å². The molecule has 1 saturated heterocycles. The van der Waals surface area contributed by atoms with Crippen LogP contribution in [0.3, 0.4) is 0 Å². The summed E-state index contributed by atoms with van der Waals surface area (Å²) in [4.78, 5) is 13.0. The highest BCUT2D eigenvalue weighted by Gasteiger charge is 2.25. The van der Waals surface area contributed by atoms with Crippen molar-refractivity contribution in [2.45, 2.75) is 44.0 Å². The second-order valence-corrected chi connectivity index (χ2v) is 10.0. The van der Waals surface area contributed by atoms with Gasteiger partial charge >= 0.3 is 0 Å². The molecule has 0 aliphatic carbocycles. The lowest BCUT2D eigenvalue weighted by atomic mass is 10.2. The van der Waals surface area contributed by atoms with Crippen molar-refractivity contribution >= 4 is 21.7 Å². The van der Waals surface area contributed by atoms with Crippen LogP contribution < -0.4 is 5.32 Å². The molecule has 8 heteroatoms. The highest BCUT2D eigenvalue weighted by Crippen LogP contribution is 2.21. The first-order valence-electron chi connectivity index (χ1n) is 10.9. The van der Waals surface area contributed by atoms with E-state index < -0.39 is 10.0 Å². The van der Waals surface area contributed by atoms with E-state index in [9.17, 15) is 13.2 Å². The standard InChI is InChI=1S/C24H28N4O3S/c1-19-17-23(28(26-19)18-20-9-5-4-6-10-20)25-24(29)21-11-13-22(14-12-21)32(30,31)27-15-7-2-3-8-16-27/h4-6,9-14,17H,2-3,7-8,15-16,18H2,1H3,(H,25,29). The molecule has 168 valence electrons. The predicted octanol–water partition coefficient (Wildman–Crippen LogP) is 4.06. The van der Waals surface area contributed by atoms with Crippen molar-refractivity contribution in [1.82, 2.24) is 14.1 Å². The first-order chi connectivity index (χ1) is 15.4. The van der Waals surface area contributed by atoms with Crippen LogP contribution in [0, 0.1) is 6.92 Å². The summed E-state index contributed by atoms with van der Waals surface area (Å²) in [6, 6.07) is 17.9. The summed E-state index contributed by atoms with van der Waals surface area (Å²) in [7, 11) is -3.54. The van der Waals surface area contributed by atoms with Crippen molar-refractivity contribution in [2.24, 2.45) is 0 Å². The number of carbonyl (C=O) groups excluding carboxylic acids is 1. The van der Waals surface area contributed by atoms with Gasteiger partial charge in [-0.15, -0.1) is 0 Å². The Balaban J connectivity index is 1.48. The fourth-order valence-corrected chi connectivity index (χ4v) is 5.44. The lowest BCUT2D eigenvalue weighted by Gasteiger charge is -2.20. The molecule has 0 radical (unpaired) electrons. The van der Waals surface area contributed by atoms with Gasteiger partial charge in [-0.05, 0) is 49.6 Å². The van der Waals surface area contributed by atoms with E-state index in [0.29, 0.717) is 31.0 Å². The molecular weight excluding hydrogens is 424 g/mol. The maximum absolute atomic E-state index is 12.9. The Hall–Kier alpha value is -2.97. The summed E-state index contributed by atoms with van der Waals surface area (Å²) >= 11 is 0. The van der Waals surface area contributed by atoms with Crippen LogP contribution in [0.2, 0.25) is 0 Å². The molecule has 1 N–H and O–H groups in total. The van der Waals surface area contributed by atoms with Gasteiger partial charge < -0.3 is 5.32 Å². The molecule has 4 rings (SSSR count). The fourth-order valence-electron chi connectivity index (χ4n) is 3.92. The van der Waals surface area contributed by atoms with Gasteiger partial charge in [-0.1, -0.05) is 43.2 Å². The summed E-state index contributed by atoms with van der Waals surface area (Å²) in [5.41, 5.74) is 2.27. The normalized spacial score (nSPS) is 15.3.